The third-order valence-electron chi connectivity index (χ3n) is 4.51. The topological polar surface area (TPSA) is 58.6 Å². The molecule has 1 aliphatic rings. The van der Waals surface area contributed by atoms with Crippen molar-refractivity contribution in [3.05, 3.63) is 46.7 Å². The molecule has 0 aliphatic carbocycles. The van der Waals surface area contributed by atoms with E-state index in [1.165, 1.54) is 11.8 Å². The number of hydrogen-bond acceptors (Lipinski definition) is 6. The van der Waals surface area contributed by atoms with Gasteiger partial charge in [-0.2, -0.15) is 0 Å². The number of halogens is 1. The molecule has 1 aromatic carbocycles. The number of para-hydroxylation sites is 1. The fourth-order valence-corrected chi connectivity index (χ4v) is 4.09. The highest BCUT2D eigenvalue weighted by Crippen LogP contribution is 2.23. The molecule has 0 radical (unpaired) electrons. The Kier molecular flexibility index (Phi) is 7.53. The normalized spacial score (nSPS) is 14.9. The average molecular weight is 421 g/mol. The van der Waals surface area contributed by atoms with Crippen molar-refractivity contribution < 1.29 is 9.53 Å². The summed E-state index contributed by atoms with van der Waals surface area (Å²) in [6, 6.07) is 9.42. The minimum atomic E-state index is 0.139. The van der Waals surface area contributed by atoms with E-state index in [4.69, 9.17) is 16.3 Å². The first kappa shape index (κ1) is 20.9. The number of carbonyl (C=O) groups is 1. The predicted molar refractivity (Wildman–Crippen MR) is 112 cm³/mol. The first-order chi connectivity index (χ1) is 13.5. The number of benzene rings is 1. The van der Waals surface area contributed by atoms with Gasteiger partial charge in [0, 0.05) is 44.1 Å². The molecule has 3 rings (SSSR count). The number of thioether (sulfide) groups is 1. The molecule has 28 heavy (non-hydrogen) atoms. The number of aromatic nitrogens is 2. The van der Waals surface area contributed by atoms with Gasteiger partial charge >= 0.3 is 0 Å². The van der Waals surface area contributed by atoms with Gasteiger partial charge in [-0.05, 0) is 32.0 Å². The van der Waals surface area contributed by atoms with Crippen LogP contribution in [0.5, 0.6) is 5.75 Å². The van der Waals surface area contributed by atoms with Gasteiger partial charge in [-0.25, -0.2) is 9.97 Å². The number of rotatable bonds is 7. The van der Waals surface area contributed by atoms with Gasteiger partial charge < -0.3 is 9.64 Å². The second-order valence-corrected chi connectivity index (χ2v) is 8.07. The molecule has 0 spiro atoms. The Morgan fingerprint density at radius 3 is 2.50 bits per heavy atom. The van der Waals surface area contributed by atoms with Crippen molar-refractivity contribution >= 4 is 29.3 Å². The van der Waals surface area contributed by atoms with E-state index in [0.29, 0.717) is 28.3 Å². The molecule has 1 fully saturated rings. The van der Waals surface area contributed by atoms with Gasteiger partial charge in [0.05, 0.1) is 10.8 Å². The van der Waals surface area contributed by atoms with Crippen LogP contribution >= 0.6 is 23.4 Å². The molecule has 1 amide bonds. The van der Waals surface area contributed by atoms with Crippen LogP contribution in [0.3, 0.4) is 0 Å². The monoisotopic (exact) mass is 420 g/mol. The van der Waals surface area contributed by atoms with E-state index in [1.54, 1.807) is 0 Å². The summed E-state index contributed by atoms with van der Waals surface area (Å²) in [6.07, 6.45) is 0. The molecule has 0 bridgehead atoms. The van der Waals surface area contributed by atoms with E-state index in [1.807, 2.05) is 49.1 Å². The van der Waals surface area contributed by atoms with Crippen LogP contribution in [-0.2, 0) is 4.79 Å². The van der Waals surface area contributed by atoms with E-state index >= 15 is 0 Å². The lowest BCUT2D eigenvalue weighted by molar-refractivity contribution is -0.130. The quantitative estimate of drug-likeness (QED) is 0.506. The number of piperazine rings is 1. The predicted octanol–water partition coefficient (Wildman–Crippen LogP) is 3.06. The molecule has 0 atom stereocenters. The van der Waals surface area contributed by atoms with Crippen LogP contribution < -0.4 is 4.74 Å². The van der Waals surface area contributed by atoms with E-state index in [-0.39, 0.29) is 5.91 Å². The highest BCUT2D eigenvalue weighted by Gasteiger charge is 2.21. The Morgan fingerprint density at radius 2 is 1.82 bits per heavy atom. The Hall–Kier alpha value is -1.83. The van der Waals surface area contributed by atoms with Crippen molar-refractivity contribution in [2.75, 3.05) is 45.1 Å². The highest BCUT2D eigenvalue weighted by molar-refractivity contribution is 7.99. The fourth-order valence-electron chi connectivity index (χ4n) is 3.04. The van der Waals surface area contributed by atoms with Gasteiger partial charge in [-0.3, -0.25) is 9.69 Å². The molecule has 8 heteroatoms. The van der Waals surface area contributed by atoms with Crippen molar-refractivity contribution in [1.82, 2.24) is 19.8 Å². The zero-order chi connectivity index (χ0) is 19.9. The van der Waals surface area contributed by atoms with Crippen molar-refractivity contribution in [2.24, 2.45) is 0 Å². The van der Waals surface area contributed by atoms with Crippen LogP contribution in [0.25, 0.3) is 0 Å². The lowest BCUT2D eigenvalue weighted by atomic mass is 10.3. The van der Waals surface area contributed by atoms with Crippen molar-refractivity contribution in [2.45, 2.75) is 19.0 Å². The molecule has 1 saturated heterocycles. The smallest absolute Gasteiger partial charge is 0.233 e. The van der Waals surface area contributed by atoms with Crippen molar-refractivity contribution in [3.63, 3.8) is 0 Å². The molecule has 1 aliphatic heterocycles. The van der Waals surface area contributed by atoms with Crippen LogP contribution in [0.2, 0.25) is 5.02 Å². The Morgan fingerprint density at radius 1 is 1.14 bits per heavy atom. The van der Waals surface area contributed by atoms with Gasteiger partial charge in [-0.15, -0.1) is 0 Å². The van der Waals surface area contributed by atoms with E-state index < -0.39 is 0 Å². The third-order valence-corrected chi connectivity index (χ3v) is 5.66. The van der Waals surface area contributed by atoms with Crippen LogP contribution in [-0.4, -0.2) is 70.8 Å². The van der Waals surface area contributed by atoms with E-state index in [2.05, 4.69) is 14.9 Å². The first-order valence-electron chi connectivity index (χ1n) is 9.34. The zero-order valence-electron chi connectivity index (χ0n) is 16.2. The minimum absolute atomic E-state index is 0.139. The SMILES string of the molecule is Cc1cc(C)nc(SCC(=O)N2CCN(CCOc3ccccc3Cl)CC2)n1. The number of aryl methyl sites for hydroxylation is 2. The molecule has 6 nitrogen and oxygen atoms in total. The van der Waals surface area contributed by atoms with Gasteiger partial charge in [0.25, 0.3) is 0 Å². The number of carbonyl (C=O) groups excluding carboxylic acids is 1. The second kappa shape index (κ2) is 10.1. The lowest BCUT2D eigenvalue weighted by Gasteiger charge is -2.34. The molecule has 150 valence electrons. The first-order valence-corrected chi connectivity index (χ1v) is 10.7. The summed E-state index contributed by atoms with van der Waals surface area (Å²) in [7, 11) is 0. The lowest BCUT2D eigenvalue weighted by Crippen LogP contribution is -2.50. The Balaban J connectivity index is 1.37. The molecule has 2 aromatic rings. The summed E-state index contributed by atoms with van der Waals surface area (Å²) in [5.74, 6) is 1.22. The molecule has 0 unspecified atom stereocenters. The van der Waals surface area contributed by atoms with Gasteiger partial charge in [0.15, 0.2) is 5.16 Å². The highest BCUT2D eigenvalue weighted by atomic mass is 35.5. The third kappa shape index (κ3) is 6.09. The molecular weight excluding hydrogens is 396 g/mol. The fraction of sp³-hybridized carbons (Fsp3) is 0.450. The minimum Gasteiger partial charge on any atom is -0.491 e. The summed E-state index contributed by atoms with van der Waals surface area (Å²) in [6.45, 7) is 8.45. The molecule has 2 heterocycles. The zero-order valence-corrected chi connectivity index (χ0v) is 17.8. The van der Waals surface area contributed by atoms with Crippen LogP contribution in [0, 0.1) is 13.8 Å². The molecule has 1 aromatic heterocycles. The van der Waals surface area contributed by atoms with Gasteiger partial charge in [-0.1, -0.05) is 35.5 Å². The maximum atomic E-state index is 12.5. The van der Waals surface area contributed by atoms with Crippen LogP contribution in [0.15, 0.2) is 35.5 Å². The van der Waals surface area contributed by atoms with Crippen LogP contribution in [0.4, 0.5) is 0 Å². The maximum absolute atomic E-state index is 12.5. The van der Waals surface area contributed by atoms with E-state index in [9.17, 15) is 4.79 Å². The number of amides is 1. The summed E-state index contributed by atoms with van der Waals surface area (Å²) in [4.78, 5) is 25.5. The average Bonchev–Trinajstić information content (AvgIpc) is 2.67. The Labute approximate surface area is 175 Å². The van der Waals surface area contributed by atoms with E-state index in [0.717, 1.165) is 44.1 Å². The maximum Gasteiger partial charge on any atom is 0.233 e. The molecule has 0 N–H and O–H groups in total. The summed E-state index contributed by atoms with van der Waals surface area (Å²) in [5, 5.41) is 1.30. The summed E-state index contributed by atoms with van der Waals surface area (Å²) < 4.78 is 5.75. The van der Waals surface area contributed by atoms with Gasteiger partial charge in [0.2, 0.25) is 5.91 Å². The molecular formula is C20H25ClN4O2S. The summed E-state index contributed by atoms with van der Waals surface area (Å²) >= 11 is 7.50. The number of ether oxygens (including phenoxy) is 1. The number of hydrogen-bond donors (Lipinski definition) is 0. The van der Waals surface area contributed by atoms with Gasteiger partial charge in [0.1, 0.15) is 12.4 Å². The van der Waals surface area contributed by atoms with Crippen LogP contribution in [0.1, 0.15) is 11.4 Å². The summed E-state index contributed by atoms with van der Waals surface area (Å²) in [5.41, 5.74) is 1.85. The van der Waals surface area contributed by atoms with Crippen molar-refractivity contribution in [3.8, 4) is 5.75 Å². The largest absolute Gasteiger partial charge is 0.491 e. The second-order valence-electron chi connectivity index (χ2n) is 6.72. The molecule has 0 saturated carbocycles. The standard InChI is InChI=1S/C20H25ClN4O2S/c1-15-13-16(2)23-20(22-15)28-14-19(26)25-9-7-24(8-10-25)11-12-27-18-6-4-3-5-17(18)21/h3-6,13H,7-12,14H2,1-2H3. The van der Waals surface area contributed by atoms with Crippen molar-refractivity contribution in [1.29, 1.82) is 0 Å². The number of nitrogens with zero attached hydrogens (tertiary/aromatic N) is 4. The Bertz CT molecular complexity index is 792.